The lowest BCUT2D eigenvalue weighted by Crippen LogP contribution is -2.48. The molecule has 3 aromatic rings. The molecule has 0 spiro atoms. The first kappa shape index (κ1) is 15.2. The van der Waals surface area contributed by atoms with E-state index < -0.39 is 0 Å². The van der Waals surface area contributed by atoms with Crippen LogP contribution >= 0.6 is 11.3 Å². The molecule has 5 heterocycles. The van der Waals surface area contributed by atoms with E-state index in [4.69, 9.17) is 4.74 Å². The molecule has 2 atom stereocenters. The third-order valence-corrected chi connectivity index (χ3v) is 6.41. The number of aryl methyl sites for hydroxylation is 2. The molecule has 8 heteroatoms. The van der Waals surface area contributed by atoms with Gasteiger partial charge in [-0.2, -0.15) is 0 Å². The van der Waals surface area contributed by atoms with Crippen LogP contribution in [-0.4, -0.2) is 44.2 Å². The van der Waals surface area contributed by atoms with E-state index in [0.29, 0.717) is 6.61 Å². The molecule has 0 radical (unpaired) electrons. The van der Waals surface area contributed by atoms with Crippen LogP contribution in [0.4, 0.5) is 5.82 Å². The Balaban J connectivity index is 1.56. The van der Waals surface area contributed by atoms with Crippen LogP contribution in [0.2, 0.25) is 0 Å². The predicted octanol–water partition coefficient (Wildman–Crippen LogP) is 2.50. The largest absolute Gasteiger partial charge is 0.370 e. The Morgan fingerprint density at radius 3 is 3.16 bits per heavy atom. The molecule has 0 aromatic carbocycles. The second kappa shape index (κ2) is 5.74. The zero-order chi connectivity index (χ0) is 17.0. The molecule has 130 valence electrons. The molecular formula is C17H20N6OS. The fourth-order valence-electron chi connectivity index (χ4n) is 4.12. The van der Waals surface area contributed by atoms with Crippen molar-refractivity contribution in [2.75, 3.05) is 18.0 Å². The molecule has 0 saturated carbocycles. The molecule has 0 aliphatic carbocycles. The summed E-state index contributed by atoms with van der Waals surface area (Å²) in [4.78, 5) is 14.0. The maximum absolute atomic E-state index is 6.03. The van der Waals surface area contributed by atoms with E-state index in [1.54, 1.807) is 23.9 Å². The van der Waals surface area contributed by atoms with Crippen molar-refractivity contribution in [3.05, 3.63) is 28.7 Å². The molecular weight excluding hydrogens is 336 g/mol. The standard InChI is InChI=1S/C17H20N6OS/c1-3-12-10(2)25-17-15(12)16(18-9-19-17)22-5-4-14-13(7-22)23-11(8-24-14)6-20-21-23/h6,9,13-14H,3-5,7-8H2,1-2H3/t13-,14-/m1/s1. The van der Waals surface area contributed by atoms with Gasteiger partial charge in [0.2, 0.25) is 0 Å². The van der Waals surface area contributed by atoms with Gasteiger partial charge in [0, 0.05) is 18.0 Å². The molecule has 0 N–H and O–H groups in total. The second-order valence-corrected chi connectivity index (χ2v) is 7.89. The second-order valence-electron chi connectivity index (χ2n) is 6.69. The Kier molecular flexibility index (Phi) is 3.49. The number of hydrogen-bond acceptors (Lipinski definition) is 7. The van der Waals surface area contributed by atoms with Crippen molar-refractivity contribution in [1.29, 1.82) is 0 Å². The number of hydrogen-bond donors (Lipinski definition) is 0. The normalized spacial score (nSPS) is 22.9. The molecule has 0 unspecified atom stereocenters. The summed E-state index contributed by atoms with van der Waals surface area (Å²) in [5, 5.41) is 9.59. The van der Waals surface area contributed by atoms with E-state index in [1.807, 2.05) is 4.68 Å². The van der Waals surface area contributed by atoms with Gasteiger partial charge in [0.15, 0.2) is 0 Å². The van der Waals surface area contributed by atoms with Gasteiger partial charge >= 0.3 is 0 Å². The first-order chi connectivity index (χ1) is 12.3. The molecule has 0 amide bonds. The van der Waals surface area contributed by atoms with Crippen LogP contribution in [0.5, 0.6) is 0 Å². The van der Waals surface area contributed by atoms with Gasteiger partial charge in [-0.1, -0.05) is 12.1 Å². The summed E-state index contributed by atoms with van der Waals surface area (Å²) >= 11 is 1.76. The third kappa shape index (κ3) is 2.27. The Labute approximate surface area is 149 Å². The molecule has 2 aliphatic rings. The van der Waals surface area contributed by atoms with E-state index in [0.717, 1.165) is 42.3 Å². The zero-order valence-electron chi connectivity index (χ0n) is 14.3. The summed E-state index contributed by atoms with van der Waals surface area (Å²) in [6.45, 7) is 6.77. The van der Waals surface area contributed by atoms with Gasteiger partial charge in [0.25, 0.3) is 0 Å². The van der Waals surface area contributed by atoms with E-state index in [-0.39, 0.29) is 12.1 Å². The maximum atomic E-state index is 6.03. The highest BCUT2D eigenvalue weighted by Gasteiger charge is 2.37. The van der Waals surface area contributed by atoms with Crippen LogP contribution in [-0.2, 0) is 17.8 Å². The number of nitrogens with zero attached hydrogens (tertiary/aromatic N) is 6. The predicted molar refractivity (Wildman–Crippen MR) is 96.0 cm³/mol. The van der Waals surface area contributed by atoms with Crippen molar-refractivity contribution in [3.8, 4) is 0 Å². The molecule has 2 aliphatic heterocycles. The van der Waals surface area contributed by atoms with Crippen LogP contribution in [0.3, 0.4) is 0 Å². The average Bonchev–Trinajstić information content (AvgIpc) is 3.24. The third-order valence-electron chi connectivity index (χ3n) is 5.35. The SMILES string of the molecule is CCc1c(C)sc2ncnc(N3CC[C@H]4OCc5cnnn5[C@@H]4C3)c12. The lowest BCUT2D eigenvalue weighted by atomic mass is 10.00. The number of thiophene rings is 1. The van der Waals surface area contributed by atoms with Crippen molar-refractivity contribution < 1.29 is 4.74 Å². The van der Waals surface area contributed by atoms with E-state index in [9.17, 15) is 0 Å². The van der Waals surface area contributed by atoms with Crippen LogP contribution in [0.15, 0.2) is 12.5 Å². The Morgan fingerprint density at radius 1 is 1.36 bits per heavy atom. The highest BCUT2D eigenvalue weighted by Crippen LogP contribution is 2.38. The van der Waals surface area contributed by atoms with Crippen LogP contribution in [0.25, 0.3) is 10.2 Å². The Morgan fingerprint density at radius 2 is 2.28 bits per heavy atom. The minimum Gasteiger partial charge on any atom is -0.370 e. The Hall–Kier alpha value is -2.06. The minimum absolute atomic E-state index is 0.190. The van der Waals surface area contributed by atoms with Gasteiger partial charge in [0.1, 0.15) is 17.0 Å². The van der Waals surface area contributed by atoms with Gasteiger partial charge in [-0.15, -0.1) is 16.4 Å². The van der Waals surface area contributed by atoms with Crippen LogP contribution in [0.1, 0.15) is 35.5 Å². The molecule has 0 bridgehead atoms. The number of ether oxygens (including phenoxy) is 1. The molecule has 5 rings (SSSR count). The minimum atomic E-state index is 0.190. The van der Waals surface area contributed by atoms with E-state index in [2.05, 4.69) is 39.0 Å². The maximum Gasteiger partial charge on any atom is 0.141 e. The summed E-state index contributed by atoms with van der Waals surface area (Å²) in [5.74, 6) is 1.05. The average molecular weight is 356 g/mol. The Bertz CT molecular complexity index is 935. The molecule has 3 aromatic heterocycles. The first-order valence-electron chi connectivity index (χ1n) is 8.75. The van der Waals surface area contributed by atoms with Gasteiger partial charge in [0.05, 0.1) is 36.0 Å². The number of rotatable bonds is 2. The fraction of sp³-hybridized carbons (Fsp3) is 0.529. The fourth-order valence-corrected chi connectivity index (χ4v) is 5.20. The molecule has 7 nitrogen and oxygen atoms in total. The monoisotopic (exact) mass is 356 g/mol. The summed E-state index contributed by atoms with van der Waals surface area (Å²) in [6, 6.07) is 0.190. The molecule has 25 heavy (non-hydrogen) atoms. The number of aromatic nitrogens is 5. The molecule has 1 saturated heterocycles. The molecule has 1 fully saturated rings. The summed E-state index contributed by atoms with van der Waals surface area (Å²) in [7, 11) is 0. The lowest BCUT2D eigenvalue weighted by Gasteiger charge is -2.41. The summed E-state index contributed by atoms with van der Waals surface area (Å²) in [6.07, 6.45) is 5.67. The highest BCUT2D eigenvalue weighted by molar-refractivity contribution is 7.18. The zero-order valence-corrected chi connectivity index (χ0v) is 15.2. The van der Waals surface area contributed by atoms with Crippen LogP contribution in [0, 0.1) is 6.92 Å². The first-order valence-corrected chi connectivity index (χ1v) is 9.56. The van der Waals surface area contributed by atoms with E-state index in [1.165, 1.54) is 15.8 Å². The van der Waals surface area contributed by atoms with Crippen molar-refractivity contribution >= 4 is 27.4 Å². The summed E-state index contributed by atoms with van der Waals surface area (Å²) in [5.41, 5.74) is 2.43. The van der Waals surface area contributed by atoms with Crippen molar-refractivity contribution in [3.63, 3.8) is 0 Å². The van der Waals surface area contributed by atoms with Crippen LogP contribution < -0.4 is 4.90 Å². The van der Waals surface area contributed by atoms with Gasteiger partial charge < -0.3 is 9.64 Å². The smallest absolute Gasteiger partial charge is 0.141 e. The van der Waals surface area contributed by atoms with Crippen molar-refractivity contribution in [2.45, 2.75) is 45.4 Å². The number of anilines is 1. The number of fused-ring (bicyclic) bond motifs is 4. The topological polar surface area (TPSA) is 69.0 Å². The highest BCUT2D eigenvalue weighted by atomic mass is 32.1. The van der Waals surface area contributed by atoms with Crippen molar-refractivity contribution in [2.24, 2.45) is 0 Å². The van der Waals surface area contributed by atoms with Gasteiger partial charge in [-0.3, -0.25) is 0 Å². The quantitative estimate of drug-likeness (QED) is 0.703. The lowest BCUT2D eigenvalue weighted by molar-refractivity contribution is -0.0373. The van der Waals surface area contributed by atoms with E-state index >= 15 is 0 Å². The summed E-state index contributed by atoms with van der Waals surface area (Å²) < 4.78 is 8.07. The van der Waals surface area contributed by atoms with Gasteiger partial charge in [-0.25, -0.2) is 14.6 Å². The number of piperidine rings is 1. The van der Waals surface area contributed by atoms with Crippen molar-refractivity contribution in [1.82, 2.24) is 25.0 Å². The van der Waals surface area contributed by atoms with Gasteiger partial charge in [-0.05, 0) is 25.3 Å².